The van der Waals surface area contributed by atoms with Crippen molar-refractivity contribution in [3.8, 4) is 0 Å². The highest BCUT2D eigenvalue weighted by Crippen LogP contribution is 2.30. The summed E-state index contributed by atoms with van der Waals surface area (Å²) >= 11 is 5.75. The van der Waals surface area contributed by atoms with E-state index in [9.17, 15) is 9.59 Å². The van der Waals surface area contributed by atoms with Crippen LogP contribution in [0.15, 0.2) is 6.07 Å². The summed E-state index contributed by atoms with van der Waals surface area (Å²) in [5.41, 5.74) is 1.73. The molecule has 0 aliphatic carbocycles. The van der Waals surface area contributed by atoms with E-state index in [0.29, 0.717) is 31.0 Å². The fourth-order valence-electron chi connectivity index (χ4n) is 3.17. The SMILES string of the molecule is Cc1nc(CCC(=O)N(C)C)cc(C2CCCCN2C(=O)CCCl)n1. The number of piperidine rings is 1. The molecule has 1 aliphatic heterocycles. The summed E-state index contributed by atoms with van der Waals surface area (Å²) in [6.07, 6.45) is 4.34. The number of hydrogen-bond donors (Lipinski definition) is 0. The first-order valence-electron chi connectivity index (χ1n) is 8.82. The minimum atomic E-state index is -0.0190. The maximum absolute atomic E-state index is 12.4. The van der Waals surface area contributed by atoms with Crippen LogP contribution in [0.4, 0.5) is 0 Å². The van der Waals surface area contributed by atoms with Gasteiger partial charge in [0.1, 0.15) is 5.82 Å². The van der Waals surface area contributed by atoms with Crippen LogP contribution in [0.2, 0.25) is 0 Å². The molecule has 25 heavy (non-hydrogen) atoms. The molecule has 2 rings (SSSR count). The van der Waals surface area contributed by atoms with Crippen LogP contribution in [0.1, 0.15) is 55.4 Å². The molecular formula is C18H27ClN4O2. The summed E-state index contributed by atoms with van der Waals surface area (Å²) in [6.45, 7) is 2.60. The van der Waals surface area contributed by atoms with Crippen LogP contribution in [-0.4, -0.2) is 58.1 Å². The van der Waals surface area contributed by atoms with E-state index in [1.165, 1.54) is 0 Å². The molecule has 2 heterocycles. The summed E-state index contributed by atoms with van der Waals surface area (Å²) in [5.74, 6) is 1.18. The number of rotatable bonds is 6. The lowest BCUT2D eigenvalue weighted by atomic mass is 9.97. The van der Waals surface area contributed by atoms with E-state index in [-0.39, 0.29) is 17.9 Å². The molecular weight excluding hydrogens is 340 g/mol. The smallest absolute Gasteiger partial charge is 0.224 e. The number of halogens is 1. The Morgan fingerprint density at radius 2 is 2.04 bits per heavy atom. The molecule has 0 saturated carbocycles. The molecule has 1 saturated heterocycles. The van der Waals surface area contributed by atoms with Gasteiger partial charge in [-0.3, -0.25) is 9.59 Å². The Balaban J connectivity index is 2.18. The Kier molecular flexibility index (Phi) is 7.17. The second kappa shape index (κ2) is 9.13. The van der Waals surface area contributed by atoms with Gasteiger partial charge in [0.05, 0.1) is 11.7 Å². The van der Waals surface area contributed by atoms with Crippen molar-refractivity contribution in [3.05, 3.63) is 23.3 Å². The van der Waals surface area contributed by atoms with Gasteiger partial charge in [-0.1, -0.05) is 0 Å². The number of alkyl halides is 1. The highest BCUT2D eigenvalue weighted by Gasteiger charge is 2.29. The molecule has 1 atom stereocenters. The average Bonchev–Trinajstić information content (AvgIpc) is 2.59. The van der Waals surface area contributed by atoms with Crippen molar-refractivity contribution in [1.29, 1.82) is 0 Å². The zero-order valence-electron chi connectivity index (χ0n) is 15.3. The minimum Gasteiger partial charge on any atom is -0.349 e. The first-order chi connectivity index (χ1) is 11.9. The normalized spacial score (nSPS) is 17.4. The van der Waals surface area contributed by atoms with Crippen molar-refractivity contribution in [2.45, 2.75) is 51.5 Å². The van der Waals surface area contributed by atoms with Gasteiger partial charge in [0.25, 0.3) is 0 Å². The molecule has 1 aromatic heterocycles. The van der Waals surface area contributed by atoms with E-state index in [4.69, 9.17) is 11.6 Å². The minimum absolute atomic E-state index is 0.0190. The molecule has 0 radical (unpaired) electrons. The number of hydrogen-bond acceptors (Lipinski definition) is 4. The van der Waals surface area contributed by atoms with E-state index >= 15 is 0 Å². The standard InChI is InChI=1S/C18H27ClN4O2/c1-13-20-14(7-8-17(24)22(2)3)12-15(21-13)16-6-4-5-11-23(16)18(25)9-10-19/h12,16H,4-11H2,1-3H3. The van der Waals surface area contributed by atoms with Crippen molar-refractivity contribution in [1.82, 2.24) is 19.8 Å². The lowest BCUT2D eigenvalue weighted by molar-refractivity contribution is -0.134. The number of amides is 2. The van der Waals surface area contributed by atoms with Crippen LogP contribution >= 0.6 is 11.6 Å². The summed E-state index contributed by atoms with van der Waals surface area (Å²) in [7, 11) is 3.50. The van der Waals surface area contributed by atoms with Crippen LogP contribution in [0, 0.1) is 6.92 Å². The van der Waals surface area contributed by atoms with E-state index < -0.39 is 0 Å². The number of carbonyl (C=O) groups is 2. The zero-order valence-corrected chi connectivity index (χ0v) is 16.1. The molecule has 7 heteroatoms. The molecule has 138 valence electrons. The van der Waals surface area contributed by atoms with Crippen molar-refractivity contribution < 1.29 is 9.59 Å². The second-order valence-electron chi connectivity index (χ2n) is 6.66. The predicted molar refractivity (Wildman–Crippen MR) is 97.4 cm³/mol. The maximum Gasteiger partial charge on any atom is 0.224 e. The van der Waals surface area contributed by atoms with Crippen LogP contribution in [-0.2, 0) is 16.0 Å². The van der Waals surface area contributed by atoms with E-state index in [0.717, 1.165) is 37.2 Å². The number of aromatic nitrogens is 2. The van der Waals surface area contributed by atoms with Crippen LogP contribution in [0.25, 0.3) is 0 Å². The van der Waals surface area contributed by atoms with Crippen molar-refractivity contribution in [2.75, 3.05) is 26.5 Å². The number of carbonyl (C=O) groups excluding carboxylic acids is 2. The van der Waals surface area contributed by atoms with Gasteiger partial charge < -0.3 is 9.80 Å². The summed E-state index contributed by atoms with van der Waals surface area (Å²) in [6, 6.07) is 1.93. The molecule has 0 aromatic carbocycles. The molecule has 2 amide bonds. The van der Waals surface area contributed by atoms with Crippen LogP contribution in [0.3, 0.4) is 0 Å². The summed E-state index contributed by atoms with van der Waals surface area (Å²) in [5, 5.41) is 0. The van der Waals surface area contributed by atoms with Gasteiger partial charge in [0.15, 0.2) is 0 Å². The number of likely N-dealkylation sites (tertiary alicyclic amines) is 1. The molecule has 0 spiro atoms. The molecule has 0 N–H and O–H groups in total. The fraction of sp³-hybridized carbons (Fsp3) is 0.667. The van der Waals surface area contributed by atoms with Gasteiger partial charge in [-0.25, -0.2) is 9.97 Å². The molecule has 1 aromatic rings. The van der Waals surface area contributed by atoms with Gasteiger partial charge >= 0.3 is 0 Å². The summed E-state index contributed by atoms with van der Waals surface area (Å²) in [4.78, 5) is 36.7. The highest BCUT2D eigenvalue weighted by molar-refractivity contribution is 6.18. The third kappa shape index (κ3) is 5.39. The van der Waals surface area contributed by atoms with Crippen LogP contribution < -0.4 is 0 Å². The van der Waals surface area contributed by atoms with E-state index in [1.807, 2.05) is 17.9 Å². The predicted octanol–water partition coefficient (Wildman–Crippen LogP) is 2.49. The second-order valence-corrected chi connectivity index (χ2v) is 7.04. The Hall–Kier alpha value is -1.69. The molecule has 0 bridgehead atoms. The number of aryl methyl sites for hydroxylation is 2. The van der Waals surface area contributed by atoms with E-state index in [2.05, 4.69) is 9.97 Å². The first kappa shape index (κ1) is 19.6. The Morgan fingerprint density at radius 1 is 1.28 bits per heavy atom. The Bertz CT molecular complexity index is 621. The fourth-order valence-corrected chi connectivity index (χ4v) is 3.34. The van der Waals surface area contributed by atoms with E-state index in [1.54, 1.807) is 19.0 Å². The largest absolute Gasteiger partial charge is 0.349 e. The van der Waals surface area contributed by atoms with Gasteiger partial charge in [0, 0.05) is 45.1 Å². The summed E-state index contributed by atoms with van der Waals surface area (Å²) < 4.78 is 0. The Morgan fingerprint density at radius 3 is 2.72 bits per heavy atom. The lowest BCUT2D eigenvalue weighted by Gasteiger charge is -2.35. The van der Waals surface area contributed by atoms with Crippen molar-refractivity contribution >= 4 is 23.4 Å². The monoisotopic (exact) mass is 366 g/mol. The highest BCUT2D eigenvalue weighted by atomic mass is 35.5. The third-order valence-corrected chi connectivity index (χ3v) is 4.67. The molecule has 6 nitrogen and oxygen atoms in total. The molecule has 1 unspecified atom stereocenters. The topological polar surface area (TPSA) is 66.4 Å². The first-order valence-corrected chi connectivity index (χ1v) is 9.36. The maximum atomic E-state index is 12.4. The quantitative estimate of drug-likeness (QED) is 0.725. The Labute approximate surface area is 154 Å². The molecule has 1 fully saturated rings. The average molecular weight is 367 g/mol. The van der Waals surface area contributed by atoms with Gasteiger partial charge in [-0.2, -0.15) is 0 Å². The number of nitrogens with zero attached hydrogens (tertiary/aromatic N) is 4. The zero-order chi connectivity index (χ0) is 18.4. The van der Waals surface area contributed by atoms with Gasteiger partial charge in [0.2, 0.25) is 11.8 Å². The van der Waals surface area contributed by atoms with Crippen LogP contribution in [0.5, 0.6) is 0 Å². The lowest BCUT2D eigenvalue weighted by Crippen LogP contribution is -2.39. The third-order valence-electron chi connectivity index (χ3n) is 4.48. The molecule has 1 aliphatic rings. The van der Waals surface area contributed by atoms with Gasteiger partial charge in [-0.15, -0.1) is 11.6 Å². The van der Waals surface area contributed by atoms with Crippen molar-refractivity contribution in [2.24, 2.45) is 0 Å². The van der Waals surface area contributed by atoms with Crippen molar-refractivity contribution in [3.63, 3.8) is 0 Å². The van der Waals surface area contributed by atoms with Gasteiger partial charge in [-0.05, 0) is 38.7 Å².